The highest BCUT2D eigenvalue weighted by Gasteiger charge is 2.33. The molecular formula is C26H34N2O2S2. The van der Waals surface area contributed by atoms with Crippen molar-refractivity contribution in [2.45, 2.75) is 43.2 Å². The van der Waals surface area contributed by atoms with Crippen LogP contribution < -0.4 is 4.74 Å². The molecule has 32 heavy (non-hydrogen) atoms. The number of rotatable bonds is 10. The largest absolute Gasteiger partial charge is 0.497 e. The third-order valence-corrected chi connectivity index (χ3v) is 9.05. The van der Waals surface area contributed by atoms with Gasteiger partial charge in [0.15, 0.2) is 0 Å². The molecule has 6 heteroatoms. The minimum Gasteiger partial charge on any atom is -0.497 e. The number of ether oxygens (including phenoxy) is 1. The summed E-state index contributed by atoms with van der Waals surface area (Å²) in [6, 6.07) is 10.4. The lowest BCUT2D eigenvalue weighted by Crippen LogP contribution is -2.42. The molecule has 1 saturated heterocycles. The quantitative estimate of drug-likeness (QED) is 0.379. The third-order valence-electron chi connectivity index (χ3n) is 6.94. The fourth-order valence-electron chi connectivity index (χ4n) is 4.78. The van der Waals surface area contributed by atoms with Crippen molar-refractivity contribution in [1.29, 1.82) is 0 Å². The second-order valence-electron chi connectivity index (χ2n) is 8.94. The first kappa shape index (κ1) is 23.6. The predicted octanol–water partition coefficient (Wildman–Crippen LogP) is 5.80. The van der Waals surface area contributed by atoms with Gasteiger partial charge in [0.2, 0.25) is 0 Å². The van der Waals surface area contributed by atoms with Crippen LogP contribution in [0.3, 0.4) is 0 Å². The number of aliphatic hydroxyl groups excluding tert-OH is 1. The topological polar surface area (TPSA) is 45.6 Å². The maximum absolute atomic E-state index is 10.3. The Morgan fingerprint density at radius 1 is 1.25 bits per heavy atom. The molecule has 0 unspecified atom stereocenters. The first-order valence-electron chi connectivity index (χ1n) is 11.5. The zero-order chi connectivity index (χ0) is 22.4. The van der Waals surface area contributed by atoms with Gasteiger partial charge in [-0.15, -0.1) is 23.1 Å². The summed E-state index contributed by atoms with van der Waals surface area (Å²) >= 11 is 3.78. The molecule has 1 aromatic carbocycles. The van der Waals surface area contributed by atoms with Crippen LogP contribution in [0.2, 0.25) is 0 Å². The molecule has 1 N–H and O–H groups in total. The molecular weight excluding hydrogens is 436 g/mol. The van der Waals surface area contributed by atoms with Crippen LogP contribution in [0.1, 0.15) is 36.8 Å². The lowest BCUT2D eigenvalue weighted by Gasteiger charge is -2.41. The third kappa shape index (κ3) is 5.66. The Hall–Kier alpha value is -1.60. The molecule has 172 valence electrons. The summed E-state index contributed by atoms with van der Waals surface area (Å²) in [5, 5.41) is 13.6. The number of fused-ring (bicyclic) bond motifs is 1. The number of methoxy groups -OCH3 is 1. The lowest BCUT2D eigenvalue weighted by atomic mass is 9.75. The minimum atomic E-state index is 0.0752. The van der Waals surface area contributed by atoms with Crippen molar-refractivity contribution >= 4 is 34.0 Å². The summed E-state index contributed by atoms with van der Waals surface area (Å²) in [6.45, 7) is 5.78. The summed E-state index contributed by atoms with van der Waals surface area (Å²) in [4.78, 5) is 7.16. The molecule has 4 rings (SSSR count). The average molecular weight is 471 g/mol. The number of hydrogen-bond donors (Lipinski definition) is 1. The predicted molar refractivity (Wildman–Crippen MR) is 136 cm³/mol. The second-order valence-corrected chi connectivity index (χ2v) is 11.3. The molecule has 0 saturated carbocycles. The van der Waals surface area contributed by atoms with Crippen LogP contribution in [0, 0.1) is 12.3 Å². The highest BCUT2D eigenvalue weighted by Crippen LogP contribution is 2.37. The summed E-state index contributed by atoms with van der Waals surface area (Å²) in [5.41, 5.74) is 3.70. The van der Waals surface area contributed by atoms with Gasteiger partial charge in [-0.25, -0.2) is 0 Å². The Kier molecular flexibility index (Phi) is 8.11. The van der Waals surface area contributed by atoms with Crippen molar-refractivity contribution < 1.29 is 9.84 Å². The number of thioether (sulfide) groups is 1. The Labute approximate surface area is 200 Å². The SMILES string of the molecule is COc1ccc2ncc(C)c(CCCC3(CO)CCN(CCSc4cccs4)CC3)c2c1. The van der Waals surface area contributed by atoms with Crippen molar-refractivity contribution in [3.05, 3.63) is 53.0 Å². The molecule has 0 atom stereocenters. The van der Waals surface area contributed by atoms with Gasteiger partial charge in [-0.05, 0) is 98.3 Å². The van der Waals surface area contributed by atoms with Gasteiger partial charge in [-0.2, -0.15) is 0 Å². The lowest BCUT2D eigenvalue weighted by molar-refractivity contribution is 0.0378. The number of piperidine rings is 1. The maximum atomic E-state index is 10.3. The van der Waals surface area contributed by atoms with Crippen molar-refractivity contribution in [2.75, 3.05) is 39.1 Å². The van der Waals surface area contributed by atoms with E-state index in [1.165, 1.54) is 20.7 Å². The number of aliphatic hydroxyl groups is 1. The Morgan fingerprint density at radius 3 is 2.81 bits per heavy atom. The molecule has 0 amide bonds. The van der Waals surface area contributed by atoms with Gasteiger partial charge in [0.25, 0.3) is 0 Å². The second kappa shape index (κ2) is 11.0. The Bertz CT molecular complexity index is 998. The van der Waals surface area contributed by atoms with E-state index in [0.717, 1.165) is 68.8 Å². The van der Waals surface area contributed by atoms with Crippen LogP contribution in [0.4, 0.5) is 0 Å². The van der Waals surface area contributed by atoms with Crippen molar-refractivity contribution in [2.24, 2.45) is 5.41 Å². The summed E-state index contributed by atoms with van der Waals surface area (Å²) in [6.07, 6.45) is 7.36. The van der Waals surface area contributed by atoms with Crippen LogP contribution in [-0.4, -0.2) is 54.1 Å². The molecule has 4 nitrogen and oxygen atoms in total. The standard InChI is InChI=1S/C26H34N2O2S2/c1-20-18-27-24-8-7-21(30-2)17-23(24)22(20)5-3-9-26(19-29)10-12-28(13-11-26)14-16-32-25-6-4-15-31-25/h4,6-8,15,17-18,29H,3,5,9-14,16,19H2,1-2H3. The van der Waals surface area contributed by atoms with Gasteiger partial charge >= 0.3 is 0 Å². The average Bonchev–Trinajstić information content (AvgIpc) is 3.35. The number of aryl methyl sites for hydroxylation is 2. The number of hydrogen-bond acceptors (Lipinski definition) is 6. The molecule has 1 aliphatic rings. The van der Waals surface area contributed by atoms with E-state index < -0.39 is 0 Å². The zero-order valence-electron chi connectivity index (χ0n) is 19.2. The molecule has 1 aliphatic heterocycles. The van der Waals surface area contributed by atoms with Crippen LogP contribution in [-0.2, 0) is 6.42 Å². The Morgan fingerprint density at radius 2 is 2.09 bits per heavy atom. The molecule has 1 fully saturated rings. The molecule has 2 aromatic heterocycles. The smallest absolute Gasteiger partial charge is 0.119 e. The van der Waals surface area contributed by atoms with Gasteiger partial charge in [0, 0.05) is 30.5 Å². The number of benzene rings is 1. The van der Waals surface area contributed by atoms with E-state index in [2.05, 4.69) is 40.4 Å². The first-order valence-corrected chi connectivity index (χ1v) is 13.4. The van der Waals surface area contributed by atoms with E-state index in [1.54, 1.807) is 7.11 Å². The number of aromatic nitrogens is 1. The van der Waals surface area contributed by atoms with Gasteiger partial charge in [0.1, 0.15) is 5.75 Å². The molecule has 3 heterocycles. The fourth-order valence-corrected chi connectivity index (χ4v) is 6.65. The van der Waals surface area contributed by atoms with Crippen LogP contribution in [0.5, 0.6) is 5.75 Å². The number of pyridine rings is 1. The summed E-state index contributed by atoms with van der Waals surface area (Å²) in [7, 11) is 1.71. The number of likely N-dealkylation sites (tertiary alicyclic amines) is 1. The van der Waals surface area contributed by atoms with E-state index >= 15 is 0 Å². The van der Waals surface area contributed by atoms with E-state index in [0.29, 0.717) is 6.61 Å². The molecule has 0 spiro atoms. The summed E-state index contributed by atoms with van der Waals surface area (Å²) < 4.78 is 6.85. The molecule has 0 aliphatic carbocycles. The van der Waals surface area contributed by atoms with E-state index in [1.807, 2.05) is 41.4 Å². The van der Waals surface area contributed by atoms with Crippen LogP contribution >= 0.6 is 23.1 Å². The van der Waals surface area contributed by atoms with Gasteiger partial charge in [-0.1, -0.05) is 6.07 Å². The van der Waals surface area contributed by atoms with Crippen molar-refractivity contribution in [1.82, 2.24) is 9.88 Å². The number of thiophene rings is 1. The Balaban J connectivity index is 1.31. The highest BCUT2D eigenvalue weighted by molar-refractivity contribution is 8.01. The highest BCUT2D eigenvalue weighted by atomic mass is 32.2. The first-order chi connectivity index (χ1) is 15.6. The van der Waals surface area contributed by atoms with E-state index in [9.17, 15) is 5.11 Å². The molecule has 0 radical (unpaired) electrons. The monoisotopic (exact) mass is 470 g/mol. The normalized spacial score (nSPS) is 16.5. The maximum Gasteiger partial charge on any atom is 0.119 e. The van der Waals surface area contributed by atoms with Crippen molar-refractivity contribution in [3.63, 3.8) is 0 Å². The molecule has 0 bridgehead atoms. The van der Waals surface area contributed by atoms with Crippen LogP contribution in [0.25, 0.3) is 10.9 Å². The molecule has 3 aromatic rings. The van der Waals surface area contributed by atoms with Gasteiger partial charge < -0.3 is 14.7 Å². The van der Waals surface area contributed by atoms with Crippen molar-refractivity contribution in [3.8, 4) is 5.75 Å². The fraction of sp³-hybridized carbons (Fsp3) is 0.500. The summed E-state index contributed by atoms with van der Waals surface area (Å²) in [5.74, 6) is 2.02. The zero-order valence-corrected chi connectivity index (χ0v) is 20.8. The van der Waals surface area contributed by atoms with E-state index in [-0.39, 0.29) is 5.41 Å². The number of nitrogens with zero attached hydrogens (tertiary/aromatic N) is 2. The van der Waals surface area contributed by atoms with Gasteiger partial charge in [0.05, 0.1) is 16.8 Å². The van der Waals surface area contributed by atoms with Crippen LogP contribution in [0.15, 0.2) is 46.1 Å². The van der Waals surface area contributed by atoms with Gasteiger partial charge in [-0.3, -0.25) is 4.98 Å². The van der Waals surface area contributed by atoms with E-state index in [4.69, 9.17) is 4.74 Å². The minimum absolute atomic E-state index is 0.0752.